The standard InChI is InChI=1S/C26H46O4/c1-4-5-6-7-21-8-12-24(13-9-21)25-14-10-22(11-15-25)16-23(18-29-3)19-30-26(28)20(2)17-27/h21-25,27H,2,4-19H2,1,3H3. The highest BCUT2D eigenvalue weighted by molar-refractivity contribution is 5.87. The molecule has 0 aromatic heterocycles. The number of hydrogen-bond donors (Lipinski definition) is 1. The topological polar surface area (TPSA) is 55.8 Å². The minimum Gasteiger partial charge on any atom is -0.462 e. The van der Waals surface area contributed by atoms with Crippen LogP contribution in [0.3, 0.4) is 0 Å². The SMILES string of the molecule is C=C(CO)C(=O)OCC(COC)CC1CCC(C2CCC(CCCCC)CC2)CC1. The van der Waals surface area contributed by atoms with Crippen LogP contribution in [0.5, 0.6) is 0 Å². The fraction of sp³-hybridized carbons (Fsp3) is 0.885. The zero-order chi connectivity index (χ0) is 21.8. The molecule has 2 saturated carbocycles. The molecule has 2 aliphatic rings. The van der Waals surface area contributed by atoms with Crippen LogP contribution in [0.25, 0.3) is 0 Å². The van der Waals surface area contributed by atoms with Crippen molar-refractivity contribution in [2.45, 2.75) is 90.4 Å². The molecular formula is C26H46O4. The molecule has 174 valence electrons. The summed E-state index contributed by atoms with van der Waals surface area (Å²) in [7, 11) is 1.71. The Hall–Kier alpha value is -0.870. The van der Waals surface area contributed by atoms with E-state index < -0.39 is 5.97 Å². The van der Waals surface area contributed by atoms with Gasteiger partial charge in [0.25, 0.3) is 0 Å². The van der Waals surface area contributed by atoms with E-state index in [-0.39, 0.29) is 18.1 Å². The van der Waals surface area contributed by atoms with Gasteiger partial charge in [-0.3, -0.25) is 0 Å². The number of methoxy groups -OCH3 is 1. The minimum atomic E-state index is -0.493. The normalized spacial score (nSPS) is 28.1. The van der Waals surface area contributed by atoms with E-state index >= 15 is 0 Å². The molecule has 0 amide bonds. The maximum atomic E-state index is 11.8. The second-order valence-corrected chi connectivity index (χ2v) is 9.97. The summed E-state index contributed by atoms with van der Waals surface area (Å²) in [6, 6.07) is 0. The van der Waals surface area contributed by atoms with Crippen LogP contribution in [0.15, 0.2) is 12.2 Å². The summed E-state index contributed by atoms with van der Waals surface area (Å²) in [6.45, 7) is 6.45. The summed E-state index contributed by atoms with van der Waals surface area (Å²) in [5.74, 6) is 3.35. The third-order valence-corrected chi connectivity index (χ3v) is 7.66. The van der Waals surface area contributed by atoms with Gasteiger partial charge in [-0.05, 0) is 55.8 Å². The van der Waals surface area contributed by atoms with Crippen molar-refractivity contribution in [3.63, 3.8) is 0 Å². The fourth-order valence-corrected chi connectivity index (χ4v) is 5.78. The van der Waals surface area contributed by atoms with Crippen LogP contribution >= 0.6 is 0 Å². The predicted molar refractivity (Wildman–Crippen MR) is 122 cm³/mol. The van der Waals surface area contributed by atoms with Crippen LogP contribution in [-0.2, 0) is 14.3 Å². The monoisotopic (exact) mass is 422 g/mol. The molecule has 0 saturated heterocycles. The highest BCUT2D eigenvalue weighted by atomic mass is 16.5. The zero-order valence-electron chi connectivity index (χ0n) is 19.6. The van der Waals surface area contributed by atoms with Gasteiger partial charge in [0, 0.05) is 13.0 Å². The van der Waals surface area contributed by atoms with E-state index in [1.807, 2.05) is 0 Å². The summed E-state index contributed by atoms with van der Waals surface area (Å²) in [5.41, 5.74) is 0.117. The summed E-state index contributed by atoms with van der Waals surface area (Å²) < 4.78 is 10.7. The number of carbonyl (C=O) groups is 1. The Balaban J connectivity index is 1.67. The van der Waals surface area contributed by atoms with Gasteiger partial charge >= 0.3 is 5.97 Å². The van der Waals surface area contributed by atoms with Crippen molar-refractivity contribution in [3.05, 3.63) is 12.2 Å². The van der Waals surface area contributed by atoms with Gasteiger partial charge in [0.1, 0.15) is 0 Å². The number of ether oxygens (including phenoxy) is 2. The average Bonchev–Trinajstić information content (AvgIpc) is 2.78. The highest BCUT2D eigenvalue weighted by Crippen LogP contribution is 2.43. The second-order valence-electron chi connectivity index (χ2n) is 9.97. The van der Waals surface area contributed by atoms with Gasteiger partial charge in [-0.15, -0.1) is 0 Å². The Labute approximate surface area is 184 Å². The largest absolute Gasteiger partial charge is 0.462 e. The molecule has 4 heteroatoms. The molecular weight excluding hydrogens is 376 g/mol. The third-order valence-electron chi connectivity index (χ3n) is 7.66. The molecule has 0 aromatic carbocycles. The Kier molecular flexibility index (Phi) is 12.1. The van der Waals surface area contributed by atoms with Crippen molar-refractivity contribution >= 4 is 5.97 Å². The van der Waals surface area contributed by atoms with E-state index in [1.165, 1.54) is 77.0 Å². The summed E-state index contributed by atoms with van der Waals surface area (Å²) in [6.07, 6.45) is 17.9. The summed E-state index contributed by atoms with van der Waals surface area (Å²) in [5, 5.41) is 9.00. The molecule has 1 N–H and O–H groups in total. The molecule has 0 radical (unpaired) electrons. The molecule has 0 spiro atoms. The molecule has 0 heterocycles. The third kappa shape index (κ3) is 8.70. The highest BCUT2D eigenvalue weighted by Gasteiger charge is 2.31. The first-order chi connectivity index (χ1) is 14.6. The molecule has 0 bridgehead atoms. The van der Waals surface area contributed by atoms with E-state index in [4.69, 9.17) is 14.6 Å². The van der Waals surface area contributed by atoms with Gasteiger partial charge in [0.2, 0.25) is 0 Å². The van der Waals surface area contributed by atoms with Crippen molar-refractivity contribution in [1.82, 2.24) is 0 Å². The van der Waals surface area contributed by atoms with Crippen molar-refractivity contribution in [2.75, 3.05) is 26.9 Å². The Morgan fingerprint density at radius 2 is 1.57 bits per heavy atom. The maximum absolute atomic E-state index is 11.8. The Morgan fingerprint density at radius 3 is 2.10 bits per heavy atom. The van der Waals surface area contributed by atoms with Gasteiger partial charge in [-0.1, -0.05) is 64.9 Å². The van der Waals surface area contributed by atoms with E-state index in [0.717, 1.165) is 24.2 Å². The maximum Gasteiger partial charge on any atom is 0.335 e. The van der Waals surface area contributed by atoms with Crippen LogP contribution in [0.1, 0.15) is 90.4 Å². The Morgan fingerprint density at radius 1 is 0.967 bits per heavy atom. The lowest BCUT2D eigenvalue weighted by molar-refractivity contribution is -0.141. The van der Waals surface area contributed by atoms with Crippen LogP contribution in [0.4, 0.5) is 0 Å². The molecule has 1 unspecified atom stereocenters. The van der Waals surface area contributed by atoms with E-state index in [0.29, 0.717) is 19.1 Å². The van der Waals surface area contributed by atoms with Gasteiger partial charge in [-0.2, -0.15) is 0 Å². The molecule has 2 rings (SSSR count). The Bertz CT molecular complexity index is 487. The van der Waals surface area contributed by atoms with Gasteiger partial charge in [-0.25, -0.2) is 4.79 Å². The van der Waals surface area contributed by atoms with E-state index in [1.54, 1.807) is 7.11 Å². The molecule has 1 atom stereocenters. The smallest absolute Gasteiger partial charge is 0.335 e. The van der Waals surface area contributed by atoms with Crippen molar-refractivity contribution in [1.29, 1.82) is 0 Å². The van der Waals surface area contributed by atoms with Gasteiger partial charge < -0.3 is 14.6 Å². The molecule has 0 aliphatic heterocycles. The summed E-state index contributed by atoms with van der Waals surface area (Å²) in [4.78, 5) is 11.8. The van der Waals surface area contributed by atoms with Crippen LogP contribution < -0.4 is 0 Å². The second kappa shape index (κ2) is 14.2. The number of aliphatic hydroxyl groups excluding tert-OH is 1. The lowest BCUT2D eigenvalue weighted by Crippen LogP contribution is -2.28. The average molecular weight is 423 g/mol. The number of carbonyl (C=O) groups excluding carboxylic acids is 1. The minimum absolute atomic E-state index is 0.117. The molecule has 2 aliphatic carbocycles. The van der Waals surface area contributed by atoms with Crippen molar-refractivity contribution < 1.29 is 19.4 Å². The van der Waals surface area contributed by atoms with Crippen LogP contribution in [0.2, 0.25) is 0 Å². The van der Waals surface area contributed by atoms with Crippen molar-refractivity contribution in [3.8, 4) is 0 Å². The lowest BCUT2D eigenvalue weighted by atomic mass is 9.68. The number of hydrogen-bond acceptors (Lipinski definition) is 4. The van der Waals surface area contributed by atoms with Gasteiger partial charge in [0.15, 0.2) is 0 Å². The number of unbranched alkanes of at least 4 members (excludes halogenated alkanes) is 2. The van der Waals surface area contributed by atoms with Gasteiger partial charge in [0.05, 0.1) is 25.4 Å². The van der Waals surface area contributed by atoms with Crippen LogP contribution in [-0.4, -0.2) is 38.0 Å². The van der Waals surface area contributed by atoms with E-state index in [9.17, 15) is 4.79 Å². The first kappa shape index (κ1) is 25.4. The van der Waals surface area contributed by atoms with E-state index in [2.05, 4.69) is 13.5 Å². The van der Waals surface area contributed by atoms with Crippen molar-refractivity contribution in [2.24, 2.45) is 29.6 Å². The molecule has 30 heavy (non-hydrogen) atoms. The fourth-order valence-electron chi connectivity index (χ4n) is 5.78. The number of esters is 1. The molecule has 0 aromatic rings. The quantitative estimate of drug-likeness (QED) is 0.227. The van der Waals surface area contributed by atoms with Crippen LogP contribution in [0, 0.1) is 29.6 Å². The lowest BCUT2D eigenvalue weighted by Gasteiger charge is -2.38. The summed E-state index contributed by atoms with van der Waals surface area (Å²) >= 11 is 0. The number of aliphatic hydroxyl groups is 1. The molecule has 2 fully saturated rings. The first-order valence-corrected chi connectivity index (χ1v) is 12.5. The first-order valence-electron chi connectivity index (χ1n) is 12.5. The number of rotatable bonds is 13. The molecule has 4 nitrogen and oxygen atoms in total. The predicted octanol–water partition coefficient (Wildman–Crippen LogP) is 5.92. The zero-order valence-corrected chi connectivity index (χ0v) is 19.6.